The van der Waals surface area contributed by atoms with Crippen molar-refractivity contribution < 1.29 is 22.7 Å². The maximum absolute atomic E-state index is 13.1. The lowest BCUT2D eigenvalue weighted by Gasteiger charge is -2.30. The summed E-state index contributed by atoms with van der Waals surface area (Å²) in [4.78, 5) is 29.0. The Labute approximate surface area is 160 Å². The lowest BCUT2D eigenvalue weighted by Crippen LogP contribution is -2.45. The molecule has 2 heterocycles. The molecule has 0 spiro atoms. The van der Waals surface area contributed by atoms with Crippen LogP contribution in [0.15, 0.2) is 24.3 Å². The molecule has 1 aromatic carbocycles. The van der Waals surface area contributed by atoms with E-state index in [4.69, 9.17) is 4.74 Å². The van der Waals surface area contributed by atoms with Gasteiger partial charge in [0, 0.05) is 25.6 Å². The van der Waals surface area contributed by atoms with Gasteiger partial charge in [0.2, 0.25) is 11.8 Å². The largest absolute Gasteiger partial charge is 0.495 e. The molecule has 0 aliphatic carbocycles. The van der Waals surface area contributed by atoms with Gasteiger partial charge in [-0.15, -0.1) is 0 Å². The van der Waals surface area contributed by atoms with Crippen LogP contribution in [0, 0.1) is 5.92 Å². The van der Waals surface area contributed by atoms with E-state index in [1.165, 1.54) is 0 Å². The molecule has 2 aliphatic heterocycles. The molecule has 2 fully saturated rings. The highest BCUT2D eigenvalue weighted by atomic mass is 32.2. The lowest BCUT2D eigenvalue weighted by atomic mass is 10.0. The number of rotatable bonds is 6. The molecule has 3 rings (SSSR count). The number of carbonyl (C=O) groups is 2. The summed E-state index contributed by atoms with van der Waals surface area (Å²) in [5.74, 6) is 0.0409. The van der Waals surface area contributed by atoms with E-state index < -0.39 is 15.8 Å². The molecule has 7 nitrogen and oxygen atoms in total. The summed E-state index contributed by atoms with van der Waals surface area (Å²) in [6.45, 7) is 2.76. The zero-order valence-electron chi connectivity index (χ0n) is 15.8. The van der Waals surface area contributed by atoms with Gasteiger partial charge in [0.25, 0.3) is 0 Å². The summed E-state index contributed by atoms with van der Waals surface area (Å²) in [6.07, 6.45) is 1.36. The van der Waals surface area contributed by atoms with Crippen LogP contribution in [0.5, 0.6) is 5.75 Å². The Morgan fingerprint density at radius 2 is 2.07 bits per heavy atom. The summed E-state index contributed by atoms with van der Waals surface area (Å²) >= 11 is 0. The number of sulfone groups is 1. The third kappa shape index (κ3) is 4.10. The second kappa shape index (κ2) is 7.88. The van der Waals surface area contributed by atoms with Crippen molar-refractivity contribution in [1.29, 1.82) is 0 Å². The zero-order valence-corrected chi connectivity index (χ0v) is 16.6. The number of ether oxygens (including phenoxy) is 1. The molecule has 2 aliphatic rings. The number of benzene rings is 1. The molecular formula is C19H26N2O5S. The zero-order chi connectivity index (χ0) is 19.6. The van der Waals surface area contributed by atoms with Gasteiger partial charge in [0.15, 0.2) is 9.84 Å². The van der Waals surface area contributed by atoms with Crippen molar-refractivity contribution in [3.63, 3.8) is 0 Å². The SMILES string of the molecule is CCCN(C(=O)[C@H]1CC(=O)N(c2ccccc2OC)C1)[C@H]1CCS(=O)(=O)C1. The fourth-order valence-corrected chi connectivity index (χ4v) is 5.66. The van der Waals surface area contributed by atoms with Crippen molar-refractivity contribution in [3.05, 3.63) is 24.3 Å². The molecule has 0 saturated carbocycles. The number of methoxy groups -OCH3 is 1. The second-order valence-electron chi connectivity index (χ2n) is 7.17. The molecule has 0 radical (unpaired) electrons. The topological polar surface area (TPSA) is 84.0 Å². The van der Waals surface area contributed by atoms with Crippen molar-refractivity contribution in [2.45, 2.75) is 32.2 Å². The van der Waals surface area contributed by atoms with E-state index in [2.05, 4.69) is 0 Å². The smallest absolute Gasteiger partial charge is 0.228 e. The Hall–Kier alpha value is -2.09. The van der Waals surface area contributed by atoms with Crippen molar-refractivity contribution in [2.75, 3.05) is 36.6 Å². The van der Waals surface area contributed by atoms with Crippen LogP contribution >= 0.6 is 0 Å². The highest BCUT2D eigenvalue weighted by Crippen LogP contribution is 2.34. The van der Waals surface area contributed by atoms with Crippen molar-refractivity contribution in [2.24, 2.45) is 5.92 Å². The van der Waals surface area contributed by atoms with Gasteiger partial charge >= 0.3 is 0 Å². The van der Waals surface area contributed by atoms with Gasteiger partial charge < -0.3 is 14.5 Å². The number of amides is 2. The predicted octanol–water partition coefficient (Wildman–Crippen LogP) is 1.47. The third-order valence-corrected chi connectivity index (χ3v) is 7.00. The highest BCUT2D eigenvalue weighted by Gasteiger charge is 2.41. The minimum absolute atomic E-state index is 0.0234. The summed E-state index contributed by atoms with van der Waals surface area (Å²) < 4.78 is 29.0. The molecule has 0 bridgehead atoms. The van der Waals surface area contributed by atoms with E-state index in [1.807, 2.05) is 19.1 Å². The van der Waals surface area contributed by atoms with Crippen LogP contribution in [0.1, 0.15) is 26.2 Å². The molecule has 27 heavy (non-hydrogen) atoms. The maximum atomic E-state index is 13.1. The van der Waals surface area contributed by atoms with Gasteiger partial charge in [0.05, 0.1) is 30.2 Å². The average molecular weight is 394 g/mol. The van der Waals surface area contributed by atoms with Crippen LogP contribution in [0.25, 0.3) is 0 Å². The quantitative estimate of drug-likeness (QED) is 0.730. The van der Waals surface area contributed by atoms with Crippen molar-refractivity contribution in [3.8, 4) is 5.75 Å². The molecular weight excluding hydrogens is 368 g/mol. The molecule has 1 aromatic rings. The predicted molar refractivity (Wildman–Crippen MR) is 103 cm³/mol. The first-order chi connectivity index (χ1) is 12.9. The highest BCUT2D eigenvalue weighted by molar-refractivity contribution is 7.91. The Balaban J connectivity index is 1.77. The summed E-state index contributed by atoms with van der Waals surface area (Å²) in [6, 6.07) is 6.96. The second-order valence-corrected chi connectivity index (χ2v) is 9.39. The summed E-state index contributed by atoms with van der Waals surface area (Å²) in [5.41, 5.74) is 0.658. The average Bonchev–Trinajstić information content (AvgIpc) is 3.21. The van der Waals surface area contributed by atoms with Crippen LogP contribution in [-0.4, -0.2) is 62.9 Å². The van der Waals surface area contributed by atoms with Crippen molar-refractivity contribution >= 4 is 27.3 Å². The minimum Gasteiger partial charge on any atom is -0.495 e. The molecule has 2 amide bonds. The Morgan fingerprint density at radius 3 is 2.70 bits per heavy atom. The minimum atomic E-state index is -3.08. The number of anilines is 1. The molecule has 0 aromatic heterocycles. The lowest BCUT2D eigenvalue weighted by molar-refractivity contribution is -0.137. The maximum Gasteiger partial charge on any atom is 0.228 e. The fraction of sp³-hybridized carbons (Fsp3) is 0.579. The number of nitrogens with zero attached hydrogens (tertiary/aromatic N) is 2. The van der Waals surface area contributed by atoms with Crippen LogP contribution in [0.4, 0.5) is 5.69 Å². The van der Waals surface area contributed by atoms with E-state index in [9.17, 15) is 18.0 Å². The van der Waals surface area contributed by atoms with E-state index in [0.29, 0.717) is 24.4 Å². The third-order valence-electron chi connectivity index (χ3n) is 5.25. The number of hydrogen-bond acceptors (Lipinski definition) is 5. The first kappa shape index (κ1) is 19.7. The number of carbonyl (C=O) groups excluding carboxylic acids is 2. The monoisotopic (exact) mass is 394 g/mol. The van der Waals surface area contributed by atoms with E-state index in [0.717, 1.165) is 6.42 Å². The first-order valence-electron chi connectivity index (χ1n) is 9.30. The number of hydrogen-bond donors (Lipinski definition) is 0. The van der Waals surface area contributed by atoms with Gasteiger partial charge in [-0.3, -0.25) is 9.59 Å². The van der Waals surface area contributed by atoms with Gasteiger partial charge in [-0.25, -0.2) is 8.42 Å². The molecule has 2 atom stereocenters. The normalized spacial score (nSPS) is 24.2. The molecule has 0 N–H and O–H groups in total. The Bertz CT molecular complexity index is 823. The molecule has 8 heteroatoms. The Morgan fingerprint density at radius 1 is 1.33 bits per heavy atom. The summed E-state index contributed by atoms with van der Waals surface area (Å²) in [7, 11) is -1.53. The first-order valence-corrected chi connectivity index (χ1v) is 11.1. The van der Waals surface area contributed by atoms with E-state index >= 15 is 0 Å². The van der Waals surface area contributed by atoms with E-state index in [-0.39, 0.29) is 42.3 Å². The van der Waals surface area contributed by atoms with Gasteiger partial charge in [0.1, 0.15) is 5.75 Å². The standard InChI is InChI=1S/C19H26N2O5S/c1-3-9-20(15-8-10-27(24,25)13-15)19(23)14-11-18(22)21(12-14)16-6-4-5-7-17(16)26-2/h4-7,14-15H,3,8-13H2,1-2H3/t14-,15-/m0/s1. The molecule has 2 saturated heterocycles. The summed E-state index contributed by atoms with van der Waals surface area (Å²) in [5, 5.41) is 0. The van der Waals surface area contributed by atoms with Crippen molar-refractivity contribution in [1.82, 2.24) is 4.90 Å². The van der Waals surface area contributed by atoms with Gasteiger partial charge in [-0.05, 0) is 25.0 Å². The fourth-order valence-electron chi connectivity index (χ4n) is 3.93. The van der Waals surface area contributed by atoms with Crippen LogP contribution in [0.3, 0.4) is 0 Å². The van der Waals surface area contributed by atoms with Gasteiger partial charge in [-0.2, -0.15) is 0 Å². The van der Waals surface area contributed by atoms with Crippen LogP contribution in [0.2, 0.25) is 0 Å². The number of para-hydroxylation sites is 2. The molecule has 0 unspecified atom stereocenters. The van der Waals surface area contributed by atoms with Crippen LogP contribution in [-0.2, 0) is 19.4 Å². The van der Waals surface area contributed by atoms with E-state index in [1.54, 1.807) is 29.0 Å². The molecule has 148 valence electrons. The van der Waals surface area contributed by atoms with Gasteiger partial charge in [-0.1, -0.05) is 19.1 Å². The van der Waals surface area contributed by atoms with Crippen LogP contribution < -0.4 is 9.64 Å². The Kier molecular flexibility index (Phi) is 5.74.